The van der Waals surface area contributed by atoms with E-state index in [0.717, 1.165) is 10.9 Å². The van der Waals surface area contributed by atoms with Gasteiger partial charge in [0.25, 0.3) is 0 Å². The maximum absolute atomic E-state index is 13.9. The summed E-state index contributed by atoms with van der Waals surface area (Å²) in [7, 11) is 0. The molecule has 1 aromatic heterocycles. The fraction of sp³-hybridized carbons (Fsp3) is 0.0909. The molecule has 0 amide bonds. The summed E-state index contributed by atoms with van der Waals surface area (Å²) in [6.07, 6.45) is 1.02. The molecule has 4 nitrogen and oxygen atoms in total. The van der Waals surface area contributed by atoms with E-state index >= 15 is 0 Å². The number of rotatable bonds is 2. The molecular weight excluding hydrogens is 245 g/mol. The van der Waals surface area contributed by atoms with Crippen LogP contribution in [0.25, 0.3) is 5.69 Å². The summed E-state index contributed by atoms with van der Waals surface area (Å²) >= 11 is 5.75. The van der Waals surface area contributed by atoms with Crippen molar-refractivity contribution in [1.29, 1.82) is 0 Å². The molecule has 1 heterocycles. The van der Waals surface area contributed by atoms with Crippen molar-refractivity contribution in [2.24, 2.45) is 5.16 Å². The van der Waals surface area contributed by atoms with Gasteiger partial charge in [-0.25, -0.2) is 4.68 Å². The van der Waals surface area contributed by atoms with Crippen LogP contribution >= 0.6 is 11.6 Å². The minimum absolute atomic E-state index is 0.155. The molecule has 1 N–H and O–H groups in total. The van der Waals surface area contributed by atoms with Gasteiger partial charge in [-0.3, -0.25) is 0 Å². The second-order valence-electron chi connectivity index (χ2n) is 3.42. The fourth-order valence-electron chi connectivity index (χ4n) is 1.47. The van der Waals surface area contributed by atoms with Crippen LogP contribution in [0, 0.1) is 12.9 Å². The Morgan fingerprint density at radius 1 is 1.41 bits per heavy atom. The predicted octanol–water partition coefficient (Wildman–Crippen LogP) is 2.78. The van der Waals surface area contributed by atoms with Gasteiger partial charge in [-0.1, -0.05) is 16.8 Å². The van der Waals surface area contributed by atoms with Crippen LogP contribution in [0.4, 0.5) is 4.39 Å². The van der Waals surface area contributed by atoms with E-state index in [1.165, 1.54) is 0 Å². The molecule has 0 aliphatic rings. The van der Waals surface area contributed by atoms with Crippen LogP contribution in [0.2, 0.25) is 5.02 Å². The zero-order valence-electron chi connectivity index (χ0n) is 8.93. The van der Waals surface area contributed by atoms with E-state index in [0.29, 0.717) is 16.4 Å². The highest BCUT2D eigenvalue weighted by Crippen LogP contribution is 2.17. The largest absolute Gasteiger partial charge is 0.411 e. The first-order chi connectivity index (χ1) is 8.13. The summed E-state index contributed by atoms with van der Waals surface area (Å²) in [6, 6.07) is 6.59. The molecule has 88 valence electrons. The van der Waals surface area contributed by atoms with E-state index < -0.39 is 5.95 Å². The summed E-state index contributed by atoms with van der Waals surface area (Å²) in [5, 5.41) is 15.8. The highest BCUT2D eigenvalue weighted by atomic mass is 35.5. The van der Waals surface area contributed by atoms with Crippen LogP contribution in [0.15, 0.2) is 29.4 Å². The van der Waals surface area contributed by atoms with Crippen LogP contribution in [0.3, 0.4) is 0 Å². The van der Waals surface area contributed by atoms with Crippen molar-refractivity contribution in [2.45, 2.75) is 6.92 Å². The average molecular weight is 254 g/mol. The summed E-state index contributed by atoms with van der Waals surface area (Å²) in [5.41, 5.74) is 1.14. The maximum atomic E-state index is 13.9. The third-order valence-corrected chi connectivity index (χ3v) is 2.56. The van der Waals surface area contributed by atoms with Gasteiger partial charge in [0.2, 0.25) is 5.95 Å². The zero-order chi connectivity index (χ0) is 12.4. The minimum Gasteiger partial charge on any atom is -0.411 e. The summed E-state index contributed by atoms with van der Waals surface area (Å²) in [4.78, 5) is 0. The lowest BCUT2D eigenvalue weighted by atomic mass is 10.3. The van der Waals surface area contributed by atoms with Gasteiger partial charge in [-0.05, 0) is 31.2 Å². The van der Waals surface area contributed by atoms with Crippen LogP contribution in [-0.4, -0.2) is 21.2 Å². The molecule has 0 unspecified atom stereocenters. The summed E-state index contributed by atoms with van der Waals surface area (Å²) < 4.78 is 15.1. The van der Waals surface area contributed by atoms with Crippen molar-refractivity contribution in [3.05, 3.63) is 46.5 Å². The van der Waals surface area contributed by atoms with Gasteiger partial charge in [0.15, 0.2) is 0 Å². The van der Waals surface area contributed by atoms with Gasteiger partial charge in [0, 0.05) is 5.02 Å². The monoisotopic (exact) mass is 253 g/mol. The number of aromatic nitrogens is 2. The van der Waals surface area contributed by atoms with E-state index in [-0.39, 0.29) is 5.56 Å². The molecule has 17 heavy (non-hydrogen) atoms. The second kappa shape index (κ2) is 4.55. The Labute approximate surface area is 102 Å². The number of aryl methyl sites for hydroxylation is 1. The summed E-state index contributed by atoms with van der Waals surface area (Å²) in [6.45, 7) is 1.63. The highest BCUT2D eigenvalue weighted by Gasteiger charge is 2.14. The first-order valence-electron chi connectivity index (χ1n) is 4.82. The lowest BCUT2D eigenvalue weighted by Gasteiger charge is -2.01. The quantitative estimate of drug-likeness (QED) is 0.508. The van der Waals surface area contributed by atoms with E-state index in [2.05, 4.69) is 10.3 Å². The van der Waals surface area contributed by atoms with Gasteiger partial charge in [0.05, 0.1) is 23.2 Å². The number of hydrogen-bond donors (Lipinski definition) is 1. The first kappa shape index (κ1) is 11.6. The Kier molecular flexibility index (Phi) is 3.10. The molecule has 0 saturated carbocycles. The molecule has 2 rings (SSSR count). The molecule has 0 radical (unpaired) electrons. The van der Waals surface area contributed by atoms with Crippen molar-refractivity contribution < 1.29 is 9.60 Å². The Morgan fingerprint density at radius 2 is 2.06 bits per heavy atom. The summed E-state index contributed by atoms with van der Waals surface area (Å²) in [5.74, 6) is -0.581. The number of hydrogen-bond acceptors (Lipinski definition) is 3. The molecule has 0 fully saturated rings. The van der Waals surface area contributed by atoms with Gasteiger partial charge < -0.3 is 5.21 Å². The molecule has 0 atom stereocenters. The number of oxime groups is 1. The predicted molar refractivity (Wildman–Crippen MR) is 62.6 cm³/mol. The van der Waals surface area contributed by atoms with Crippen LogP contribution in [-0.2, 0) is 0 Å². The van der Waals surface area contributed by atoms with Gasteiger partial charge in [-0.15, -0.1) is 0 Å². The Bertz CT molecular complexity index is 563. The standard InChI is InChI=1S/C11H9ClFN3O/c1-7-10(6-14-17)11(13)16(15-7)9-4-2-8(12)3-5-9/h2-6,17H,1H3. The SMILES string of the molecule is Cc1nn(-c2ccc(Cl)cc2)c(F)c1C=NO. The molecule has 2 aromatic rings. The average Bonchev–Trinajstić information content (AvgIpc) is 2.59. The lowest BCUT2D eigenvalue weighted by molar-refractivity contribution is 0.321. The van der Waals surface area contributed by atoms with Crippen molar-refractivity contribution in [2.75, 3.05) is 0 Å². The number of halogens is 2. The first-order valence-corrected chi connectivity index (χ1v) is 5.19. The van der Waals surface area contributed by atoms with Crippen LogP contribution < -0.4 is 0 Å². The Balaban J connectivity index is 2.53. The van der Waals surface area contributed by atoms with Gasteiger partial charge >= 0.3 is 0 Å². The van der Waals surface area contributed by atoms with Crippen molar-refractivity contribution >= 4 is 17.8 Å². The molecular formula is C11H9ClFN3O. The Hall–Kier alpha value is -1.88. The fourth-order valence-corrected chi connectivity index (χ4v) is 1.59. The number of nitrogens with zero attached hydrogens (tertiary/aromatic N) is 3. The molecule has 6 heteroatoms. The lowest BCUT2D eigenvalue weighted by Crippen LogP contribution is -2.00. The molecule has 0 aliphatic carbocycles. The molecule has 0 bridgehead atoms. The van der Waals surface area contributed by atoms with Crippen LogP contribution in [0.1, 0.15) is 11.3 Å². The Morgan fingerprint density at radius 3 is 2.65 bits per heavy atom. The van der Waals surface area contributed by atoms with Gasteiger partial charge in [0.1, 0.15) is 0 Å². The third kappa shape index (κ3) is 2.14. The van der Waals surface area contributed by atoms with Crippen molar-refractivity contribution in [1.82, 2.24) is 9.78 Å². The van der Waals surface area contributed by atoms with E-state index in [4.69, 9.17) is 16.8 Å². The molecule has 0 saturated heterocycles. The second-order valence-corrected chi connectivity index (χ2v) is 3.86. The minimum atomic E-state index is -0.581. The third-order valence-electron chi connectivity index (χ3n) is 2.31. The van der Waals surface area contributed by atoms with Crippen molar-refractivity contribution in [3.63, 3.8) is 0 Å². The molecule has 1 aromatic carbocycles. The zero-order valence-corrected chi connectivity index (χ0v) is 9.69. The van der Waals surface area contributed by atoms with E-state index in [9.17, 15) is 4.39 Å². The van der Waals surface area contributed by atoms with E-state index in [1.54, 1.807) is 31.2 Å². The van der Waals surface area contributed by atoms with Crippen LogP contribution in [0.5, 0.6) is 0 Å². The van der Waals surface area contributed by atoms with Crippen molar-refractivity contribution in [3.8, 4) is 5.69 Å². The number of benzene rings is 1. The van der Waals surface area contributed by atoms with Gasteiger partial charge in [-0.2, -0.15) is 9.49 Å². The normalized spacial score (nSPS) is 11.2. The van der Waals surface area contributed by atoms with E-state index in [1.807, 2.05) is 0 Å². The molecule has 0 spiro atoms. The highest BCUT2D eigenvalue weighted by molar-refractivity contribution is 6.30. The topological polar surface area (TPSA) is 50.4 Å². The smallest absolute Gasteiger partial charge is 0.225 e. The molecule has 0 aliphatic heterocycles. The maximum Gasteiger partial charge on any atom is 0.225 e.